The molecule has 102 valence electrons. The molecule has 2 aromatic heterocycles. The van der Waals surface area contributed by atoms with Gasteiger partial charge in [-0.25, -0.2) is 0 Å². The number of H-pyrrole nitrogens is 1. The minimum Gasteiger partial charge on any atom is -0.387 e. The van der Waals surface area contributed by atoms with Crippen molar-refractivity contribution in [1.29, 1.82) is 0 Å². The monoisotopic (exact) mass is 300 g/mol. The fraction of sp³-hybridized carbons (Fsp3) is 0.400. The van der Waals surface area contributed by atoms with Gasteiger partial charge in [-0.3, -0.25) is 9.89 Å². The fourth-order valence-electron chi connectivity index (χ4n) is 2.15. The number of halogens is 1. The first kappa shape index (κ1) is 13.8. The van der Waals surface area contributed by atoms with Crippen LogP contribution < -0.4 is 11.1 Å². The van der Waals surface area contributed by atoms with Crippen LogP contribution in [0.5, 0.6) is 0 Å². The number of anilines is 1. The average molecular weight is 301 g/mol. The number of nitrogens with one attached hydrogen (secondary N) is 2. The van der Waals surface area contributed by atoms with E-state index in [2.05, 4.69) is 25.1 Å². The molecular formula is C10H13ClN6OS. The van der Waals surface area contributed by atoms with Gasteiger partial charge in [0.1, 0.15) is 5.00 Å². The summed E-state index contributed by atoms with van der Waals surface area (Å²) in [5.41, 5.74) is 8.17. The van der Waals surface area contributed by atoms with Gasteiger partial charge in [0.25, 0.3) is 5.91 Å². The Hall–Kier alpha value is -1.67. The molecule has 0 saturated carbocycles. The van der Waals surface area contributed by atoms with E-state index in [1.807, 2.05) is 6.20 Å². The van der Waals surface area contributed by atoms with E-state index in [4.69, 9.17) is 5.73 Å². The number of hydrogen-bond donors (Lipinski definition) is 3. The SMILES string of the molecule is Cl.Nc1snnc1C(=O)NC1CCc2[nH]ncc2C1. The molecule has 0 aromatic carbocycles. The Morgan fingerprint density at radius 3 is 3.16 bits per heavy atom. The number of aromatic nitrogens is 4. The molecule has 9 heteroatoms. The summed E-state index contributed by atoms with van der Waals surface area (Å²) in [6.07, 6.45) is 4.38. The number of amides is 1. The number of carbonyl (C=O) groups excluding carboxylic acids is 1. The molecule has 4 N–H and O–H groups in total. The number of rotatable bonds is 2. The van der Waals surface area contributed by atoms with Crippen LogP contribution in [0.4, 0.5) is 5.00 Å². The van der Waals surface area contributed by atoms with Crippen molar-refractivity contribution < 1.29 is 4.79 Å². The number of hydrogen-bond acceptors (Lipinski definition) is 6. The van der Waals surface area contributed by atoms with Crippen molar-refractivity contribution in [3.05, 3.63) is 23.1 Å². The van der Waals surface area contributed by atoms with E-state index < -0.39 is 0 Å². The van der Waals surface area contributed by atoms with Crippen LogP contribution in [0.2, 0.25) is 0 Å². The van der Waals surface area contributed by atoms with Gasteiger partial charge in [0.05, 0.1) is 6.20 Å². The molecule has 0 saturated heterocycles. The van der Waals surface area contributed by atoms with Crippen LogP contribution in [0, 0.1) is 0 Å². The molecule has 2 heterocycles. The summed E-state index contributed by atoms with van der Waals surface area (Å²) < 4.78 is 3.65. The zero-order chi connectivity index (χ0) is 12.5. The van der Waals surface area contributed by atoms with Crippen molar-refractivity contribution in [2.45, 2.75) is 25.3 Å². The molecule has 1 unspecified atom stereocenters. The molecule has 0 aliphatic heterocycles. The molecule has 0 fully saturated rings. The summed E-state index contributed by atoms with van der Waals surface area (Å²) >= 11 is 1.03. The molecule has 0 bridgehead atoms. The first-order valence-corrected chi connectivity index (χ1v) is 6.41. The maximum atomic E-state index is 11.9. The smallest absolute Gasteiger partial charge is 0.275 e. The molecule has 0 spiro atoms. The molecule has 3 rings (SSSR count). The minimum atomic E-state index is -0.252. The van der Waals surface area contributed by atoms with Gasteiger partial charge < -0.3 is 11.1 Å². The molecule has 1 atom stereocenters. The van der Waals surface area contributed by atoms with E-state index >= 15 is 0 Å². The highest BCUT2D eigenvalue weighted by Gasteiger charge is 2.23. The van der Waals surface area contributed by atoms with Gasteiger partial charge in [-0.2, -0.15) is 5.10 Å². The van der Waals surface area contributed by atoms with E-state index in [0.29, 0.717) is 5.00 Å². The van der Waals surface area contributed by atoms with Crippen LogP contribution >= 0.6 is 23.9 Å². The summed E-state index contributed by atoms with van der Waals surface area (Å²) in [6, 6.07) is 0.101. The molecule has 7 nitrogen and oxygen atoms in total. The third kappa shape index (κ3) is 2.69. The van der Waals surface area contributed by atoms with Crippen molar-refractivity contribution >= 4 is 34.8 Å². The van der Waals surface area contributed by atoms with Crippen LogP contribution in [0.1, 0.15) is 28.2 Å². The Labute approximate surface area is 119 Å². The van der Waals surface area contributed by atoms with Gasteiger partial charge in [-0.15, -0.1) is 17.5 Å². The first-order valence-electron chi connectivity index (χ1n) is 5.64. The van der Waals surface area contributed by atoms with Crippen LogP contribution in [0.3, 0.4) is 0 Å². The highest BCUT2D eigenvalue weighted by Crippen LogP contribution is 2.19. The van der Waals surface area contributed by atoms with Crippen LogP contribution in [0.15, 0.2) is 6.20 Å². The number of carbonyl (C=O) groups is 1. The summed E-state index contributed by atoms with van der Waals surface area (Å²) in [7, 11) is 0. The van der Waals surface area contributed by atoms with E-state index in [1.165, 1.54) is 0 Å². The molecule has 19 heavy (non-hydrogen) atoms. The van der Waals surface area contributed by atoms with E-state index in [-0.39, 0.29) is 30.0 Å². The van der Waals surface area contributed by atoms with Crippen molar-refractivity contribution in [2.75, 3.05) is 5.73 Å². The van der Waals surface area contributed by atoms with Gasteiger partial charge in [-0.05, 0) is 24.8 Å². The third-order valence-corrected chi connectivity index (χ3v) is 3.63. The van der Waals surface area contributed by atoms with Crippen LogP contribution in [0.25, 0.3) is 0 Å². The predicted octanol–water partition coefficient (Wildman–Crippen LogP) is 0.552. The Morgan fingerprint density at radius 1 is 1.58 bits per heavy atom. The van der Waals surface area contributed by atoms with Gasteiger partial charge in [0.15, 0.2) is 5.69 Å². The lowest BCUT2D eigenvalue weighted by molar-refractivity contribution is 0.0929. The summed E-state index contributed by atoms with van der Waals surface area (Å²) in [4.78, 5) is 11.9. The zero-order valence-corrected chi connectivity index (χ0v) is 11.6. The lowest BCUT2D eigenvalue weighted by Crippen LogP contribution is -2.39. The number of nitrogen functional groups attached to an aromatic ring is 1. The topological polar surface area (TPSA) is 110 Å². The largest absolute Gasteiger partial charge is 0.387 e. The molecule has 1 aliphatic rings. The first-order chi connectivity index (χ1) is 8.74. The fourth-order valence-corrected chi connectivity index (χ4v) is 2.58. The molecule has 1 aliphatic carbocycles. The molecule has 1 amide bonds. The molecular weight excluding hydrogens is 288 g/mol. The summed E-state index contributed by atoms with van der Waals surface area (Å²) in [6.45, 7) is 0. The van der Waals surface area contributed by atoms with Gasteiger partial charge in [-0.1, -0.05) is 4.49 Å². The highest BCUT2D eigenvalue weighted by atomic mass is 35.5. The second-order valence-corrected chi connectivity index (χ2v) is 5.06. The third-order valence-electron chi connectivity index (χ3n) is 3.08. The van der Waals surface area contributed by atoms with E-state index in [1.54, 1.807) is 0 Å². The second-order valence-electron chi connectivity index (χ2n) is 4.27. The predicted molar refractivity (Wildman–Crippen MR) is 73.4 cm³/mol. The maximum Gasteiger partial charge on any atom is 0.275 e. The maximum absolute atomic E-state index is 11.9. The standard InChI is InChI=1S/C10H12N6OS.ClH/c11-9-8(15-16-18-9)10(17)13-6-1-2-7-5(3-6)4-12-14-7;/h4,6H,1-3,11H2,(H,12,14)(H,13,17);1H. The number of nitrogens with two attached hydrogens (primary N) is 1. The van der Waals surface area contributed by atoms with Crippen molar-refractivity contribution in [3.8, 4) is 0 Å². The van der Waals surface area contributed by atoms with Crippen molar-refractivity contribution in [2.24, 2.45) is 0 Å². The normalized spacial score (nSPS) is 17.4. The zero-order valence-electron chi connectivity index (χ0n) is 9.92. The average Bonchev–Trinajstić information content (AvgIpc) is 2.96. The molecule has 2 aromatic rings. The number of nitrogens with zero attached hydrogens (tertiary/aromatic N) is 3. The quantitative estimate of drug-likeness (QED) is 0.750. The highest BCUT2D eigenvalue weighted by molar-refractivity contribution is 7.10. The minimum absolute atomic E-state index is 0. The Balaban J connectivity index is 0.00000133. The number of aromatic amines is 1. The van der Waals surface area contributed by atoms with Crippen molar-refractivity contribution in [3.63, 3.8) is 0 Å². The Morgan fingerprint density at radius 2 is 2.42 bits per heavy atom. The van der Waals surface area contributed by atoms with Crippen molar-refractivity contribution in [1.82, 2.24) is 25.1 Å². The van der Waals surface area contributed by atoms with Crippen LogP contribution in [-0.4, -0.2) is 31.7 Å². The molecule has 0 radical (unpaired) electrons. The number of fused-ring (bicyclic) bond motifs is 1. The second kappa shape index (κ2) is 5.54. The van der Waals surface area contributed by atoms with E-state index in [9.17, 15) is 4.79 Å². The van der Waals surface area contributed by atoms with Crippen LogP contribution in [-0.2, 0) is 12.8 Å². The summed E-state index contributed by atoms with van der Waals surface area (Å²) in [5.74, 6) is -0.252. The van der Waals surface area contributed by atoms with E-state index in [0.717, 1.165) is 42.1 Å². The van der Waals surface area contributed by atoms with Gasteiger partial charge in [0.2, 0.25) is 0 Å². The Kier molecular flexibility index (Phi) is 4.01. The van der Waals surface area contributed by atoms with Gasteiger partial charge >= 0.3 is 0 Å². The Bertz CT molecular complexity index is 582. The lowest BCUT2D eigenvalue weighted by atomic mass is 9.93. The number of aryl methyl sites for hydroxylation is 1. The van der Waals surface area contributed by atoms with Gasteiger partial charge in [0, 0.05) is 23.3 Å². The lowest BCUT2D eigenvalue weighted by Gasteiger charge is -2.22. The summed E-state index contributed by atoms with van der Waals surface area (Å²) in [5, 5.41) is 14.0.